The van der Waals surface area contributed by atoms with Crippen molar-refractivity contribution in [2.75, 3.05) is 5.43 Å². The van der Waals surface area contributed by atoms with E-state index in [-0.39, 0.29) is 5.43 Å². The van der Waals surface area contributed by atoms with Crippen LogP contribution < -0.4 is 16.7 Å². The molecule has 0 unspecified atom stereocenters. The third-order valence-corrected chi connectivity index (χ3v) is 2.06. The van der Waals surface area contributed by atoms with Crippen molar-refractivity contribution in [1.82, 2.24) is 14.5 Å². The summed E-state index contributed by atoms with van der Waals surface area (Å²) in [5.74, 6) is 5.69. The minimum atomic E-state index is -0.00925. The van der Waals surface area contributed by atoms with Gasteiger partial charge in [-0.2, -0.15) is 0 Å². The topological polar surface area (TPSA) is 85.8 Å². The summed E-state index contributed by atoms with van der Waals surface area (Å²) < 4.78 is 1.85. The summed E-state index contributed by atoms with van der Waals surface area (Å²) in [7, 11) is 0. The Bertz CT molecular complexity index is 499. The second kappa shape index (κ2) is 4.54. The van der Waals surface area contributed by atoms with Gasteiger partial charge in [0.15, 0.2) is 11.2 Å². The van der Waals surface area contributed by atoms with E-state index >= 15 is 0 Å². The van der Waals surface area contributed by atoms with Gasteiger partial charge in [0, 0.05) is 24.5 Å². The summed E-state index contributed by atoms with van der Waals surface area (Å²) >= 11 is 0. The van der Waals surface area contributed by atoms with Crippen molar-refractivity contribution in [2.24, 2.45) is 5.84 Å². The summed E-state index contributed by atoms with van der Waals surface area (Å²) in [6.07, 6.45) is 6.60. The van der Waals surface area contributed by atoms with Crippen LogP contribution in [0, 0.1) is 0 Å². The van der Waals surface area contributed by atoms with E-state index in [1.165, 1.54) is 12.1 Å². The zero-order valence-electron chi connectivity index (χ0n) is 8.50. The summed E-state index contributed by atoms with van der Waals surface area (Å²) in [6, 6.07) is 3.01. The van der Waals surface area contributed by atoms with E-state index in [4.69, 9.17) is 5.84 Å². The molecule has 0 amide bonds. The number of hydrogen-bond donors (Lipinski definition) is 2. The van der Waals surface area contributed by atoms with Crippen LogP contribution in [0.1, 0.15) is 5.69 Å². The molecule has 0 saturated carbocycles. The molecule has 0 spiro atoms. The number of aromatic nitrogens is 3. The van der Waals surface area contributed by atoms with E-state index in [9.17, 15) is 4.79 Å². The first kappa shape index (κ1) is 10.3. The van der Waals surface area contributed by atoms with E-state index in [0.29, 0.717) is 12.4 Å². The Morgan fingerprint density at radius 3 is 2.56 bits per heavy atom. The standard InChI is InChI=1S/C10H11N5O/c11-14-10-6-12-8(5-13-10)7-15-3-1-9(16)2-4-15/h1-6H,7,11H2,(H,13,14). The first-order valence-corrected chi connectivity index (χ1v) is 4.71. The van der Waals surface area contributed by atoms with Crippen LogP contribution in [0.4, 0.5) is 5.82 Å². The Balaban J connectivity index is 2.14. The van der Waals surface area contributed by atoms with Crippen LogP contribution in [0.25, 0.3) is 0 Å². The lowest BCUT2D eigenvalue weighted by Crippen LogP contribution is -2.10. The Morgan fingerprint density at radius 1 is 1.25 bits per heavy atom. The molecule has 3 N–H and O–H groups in total. The van der Waals surface area contributed by atoms with Gasteiger partial charge in [-0.25, -0.2) is 10.8 Å². The van der Waals surface area contributed by atoms with Crippen molar-refractivity contribution < 1.29 is 0 Å². The second-order valence-electron chi connectivity index (χ2n) is 3.24. The fourth-order valence-corrected chi connectivity index (χ4v) is 1.25. The van der Waals surface area contributed by atoms with E-state index < -0.39 is 0 Å². The molecule has 2 aromatic heterocycles. The molecule has 0 aliphatic carbocycles. The predicted molar refractivity (Wildman–Crippen MR) is 59.6 cm³/mol. The van der Waals surface area contributed by atoms with Gasteiger partial charge in [-0.15, -0.1) is 0 Å². The SMILES string of the molecule is NNc1cnc(Cn2ccc(=O)cc2)cn1. The zero-order chi connectivity index (χ0) is 11.4. The summed E-state index contributed by atoms with van der Waals surface area (Å²) in [5.41, 5.74) is 3.19. The molecule has 2 aromatic rings. The number of rotatable bonds is 3. The molecule has 0 atom stereocenters. The van der Waals surface area contributed by atoms with Crippen LogP contribution in [0.3, 0.4) is 0 Å². The predicted octanol–water partition coefficient (Wildman–Crippen LogP) is -0.0278. The highest BCUT2D eigenvalue weighted by molar-refractivity contribution is 5.28. The number of pyridine rings is 1. The molecule has 0 bridgehead atoms. The van der Waals surface area contributed by atoms with Crippen LogP contribution in [0.5, 0.6) is 0 Å². The number of nitrogens with two attached hydrogens (primary N) is 1. The Hall–Kier alpha value is -2.21. The Labute approximate surface area is 91.7 Å². The quantitative estimate of drug-likeness (QED) is 0.557. The van der Waals surface area contributed by atoms with Gasteiger partial charge < -0.3 is 9.99 Å². The van der Waals surface area contributed by atoms with Gasteiger partial charge in [0.05, 0.1) is 24.6 Å². The zero-order valence-corrected chi connectivity index (χ0v) is 8.50. The fourth-order valence-electron chi connectivity index (χ4n) is 1.25. The van der Waals surface area contributed by atoms with Crippen LogP contribution in [0.2, 0.25) is 0 Å². The molecule has 2 heterocycles. The van der Waals surface area contributed by atoms with Crippen LogP contribution in [-0.2, 0) is 6.54 Å². The van der Waals surface area contributed by atoms with Crippen molar-refractivity contribution in [3.8, 4) is 0 Å². The van der Waals surface area contributed by atoms with Crippen LogP contribution in [0.15, 0.2) is 41.7 Å². The van der Waals surface area contributed by atoms with E-state index in [1.54, 1.807) is 24.8 Å². The fraction of sp³-hybridized carbons (Fsp3) is 0.100. The van der Waals surface area contributed by atoms with Crippen molar-refractivity contribution in [3.63, 3.8) is 0 Å². The number of nitrogens with one attached hydrogen (secondary N) is 1. The van der Waals surface area contributed by atoms with E-state index in [1.807, 2.05) is 4.57 Å². The molecule has 0 saturated heterocycles. The van der Waals surface area contributed by atoms with Gasteiger partial charge in [0.2, 0.25) is 0 Å². The molecule has 0 radical (unpaired) electrons. The molecule has 6 heteroatoms. The molecule has 0 fully saturated rings. The number of nitrogen functional groups attached to an aromatic ring is 1. The van der Waals surface area contributed by atoms with Crippen molar-refractivity contribution in [1.29, 1.82) is 0 Å². The molecular formula is C10H11N5O. The van der Waals surface area contributed by atoms with E-state index in [0.717, 1.165) is 5.69 Å². The van der Waals surface area contributed by atoms with Crippen LogP contribution in [-0.4, -0.2) is 14.5 Å². The maximum Gasteiger partial charge on any atom is 0.181 e. The Morgan fingerprint density at radius 2 is 2.00 bits per heavy atom. The summed E-state index contributed by atoms with van der Waals surface area (Å²) in [6.45, 7) is 0.568. The van der Waals surface area contributed by atoms with Crippen molar-refractivity contribution in [3.05, 3.63) is 52.8 Å². The molecule has 6 nitrogen and oxygen atoms in total. The summed E-state index contributed by atoms with van der Waals surface area (Å²) in [5, 5.41) is 0. The first-order chi connectivity index (χ1) is 7.78. The highest BCUT2D eigenvalue weighted by Crippen LogP contribution is 2.00. The number of nitrogens with zero attached hydrogens (tertiary/aromatic N) is 3. The van der Waals surface area contributed by atoms with Gasteiger partial charge in [0.25, 0.3) is 0 Å². The first-order valence-electron chi connectivity index (χ1n) is 4.71. The lowest BCUT2D eigenvalue weighted by Gasteiger charge is -2.05. The van der Waals surface area contributed by atoms with Gasteiger partial charge in [0.1, 0.15) is 0 Å². The molecule has 0 aliphatic heterocycles. The van der Waals surface area contributed by atoms with Gasteiger partial charge >= 0.3 is 0 Å². The Kier molecular flexibility index (Phi) is 2.93. The lowest BCUT2D eigenvalue weighted by atomic mass is 10.4. The average molecular weight is 217 g/mol. The third-order valence-electron chi connectivity index (χ3n) is 2.06. The average Bonchev–Trinajstić information content (AvgIpc) is 2.33. The largest absolute Gasteiger partial charge is 0.348 e. The highest BCUT2D eigenvalue weighted by Gasteiger charge is 1.96. The third kappa shape index (κ3) is 2.43. The number of hydrogen-bond acceptors (Lipinski definition) is 5. The number of hydrazine groups is 1. The number of anilines is 1. The van der Waals surface area contributed by atoms with Gasteiger partial charge in [-0.1, -0.05) is 0 Å². The molecule has 16 heavy (non-hydrogen) atoms. The molecule has 0 aromatic carbocycles. The normalized spacial score (nSPS) is 10.1. The van der Waals surface area contributed by atoms with Crippen molar-refractivity contribution in [2.45, 2.75) is 6.54 Å². The highest BCUT2D eigenvalue weighted by atomic mass is 16.1. The molecule has 82 valence electrons. The van der Waals surface area contributed by atoms with E-state index in [2.05, 4.69) is 15.4 Å². The maximum absolute atomic E-state index is 10.9. The minimum absolute atomic E-state index is 0.00925. The summed E-state index contributed by atoms with van der Waals surface area (Å²) in [4.78, 5) is 19.1. The molecule has 0 aliphatic rings. The lowest BCUT2D eigenvalue weighted by molar-refractivity contribution is 0.760. The monoisotopic (exact) mass is 217 g/mol. The van der Waals surface area contributed by atoms with Crippen LogP contribution >= 0.6 is 0 Å². The molecular weight excluding hydrogens is 206 g/mol. The molecule has 2 rings (SSSR count). The minimum Gasteiger partial charge on any atom is -0.348 e. The smallest absolute Gasteiger partial charge is 0.181 e. The van der Waals surface area contributed by atoms with Gasteiger partial charge in [-0.05, 0) is 0 Å². The van der Waals surface area contributed by atoms with Crippen molar-refractivity contribution >= 4 is 5.82 Å². The second-order valence-corrected chi connectivity index (χ2v) is 3.24. The van der Waals surface area contributed by atoms with Gasteiger partial charge in [-0.3, -0.25) is 9.78 Å². The maximum atomic E-state index is 10.9.